The zero-order valence-electron chi connectivity index (χ0n) is 23.0. The largest absolute Gasteiger partial charge is 0.393 e. The molecule has 1 heteroatoms. The second kappa shape index (κ2) is 29.5. The molecule has 0 heterocycles. The Hall–Kier alpha value is -0.560. The monoisotopic (exact) mass is 462 g/mol. The van der Waals surface area contributed by atoms with Crippen molar-refractivity contribution in [1.29, 1.82) is 0 Å². The minimum atomic E-state index is -0.0527. The van der Waals surface area contributed by atoms with Gasteiger partial charge in [0.05, 0.1) is 6.10 Å². The normalized spacial score (nSPS) is 12.9. The van der Waals surface area contributed by atoms with E-state index in [2.05, 4.69) is 38.2 Å². The van der Waals surface area contributed by atoms with Crippen molar-refractivity contribution in [2.24, 2.45) is 0 Å². The predicted octanol–water partition coefficient (Wildman–Crippen LogP) is 11.3. The summed E-state index contributed by atoms with van der Waals surface area (Å²) in [7, 11) is 0. The summed E-state index contributed by atoms with van der Waals surface area (Å²) in [6.07, 6.45) is 42.1. The summed E-state index contributed by atoms with van der Waals surface area (Å²) in [6, 6.07) is 0. The molecule has 0 aliphatic rings. The second-order valence-corrected chi connectivity index (χ2v) is 10.3. The fourth-order valence-electron chi connectivity index (χ4n) is 4.52. The number of rotatable bonds is 27. The number of aliphatic hydroxyl groups is 1. The summed E-state index contributed by atoms with van der Waals surface area (Å²) in [4.78, 5) is 0. The first-order valence-electron chi connectivity index (χ1n) is 15.3. The molecule has 0 fully saturated rings. The summed E-state index contributed by atoms with van der Waals surface area (Å²) in [6.45, 7) is 4.55. The van der Waals surface area contributed by atoms with Gasteiger partial charge in [-0.1, -0.05) is 134 Å². The fraction of sp³-hybridized carbons (Fsp3) is 0.875. The Bertz CT molecular complexity index is 397. The molecule has 1 N–H and O–H groups in total. The van der Waals surface area contributed by atoms with Crippen LogP contribution in [0, 0.1) is 0 Å². The summed E-state index contributed by atoms with van der Waals surface area (Å²) in [5, 5.41) is 10.2. The SMILES string of the molecule is CCCCCC/C=C\CCCCCCCCC(O)CCCCCCC/C=C\CCCCCC. The van der Waals surface area contributed by atoms with Gasteiger partial charge in [0.2, 0.25) is 0 Å². The molecule has 196 valence electrons. The molecule has 0 saturated carbocycles. The van der Waals surface area contributed by atoms with E-state index in [4.69, 9.17) is 0 Å². The van der Waals surface area contributed by atoms with Crippen LogP contribution in [-0.2, 0) is 0 Å². The zero-order chi connectivity index (χ0) is 24.1. The lowest BCUT2D eigenvalue weighted by Crippen LogP contribution is -2.05. The van der Waals surface area contributed by atoms with Gasteiger partial charge in [-0.25, -0.2) is 0 Å². The molecule has 1 nitrogen and oxygen atoms in total. The van der Waals surface area contributed by atoms with E-state index in [1.807, 2.05) is 0 Å². The van der Waals surface area contributed by atoms with Crippen molar-refractivity contribution in [2.75, 3.05) is 0 Å². The maximum atomic E-state index is 10.2. The summed E-state index contributed by atoms with van der Waals surface area (Å²) in [5.41, 5.74) is 0. The highest BCUT2D eigenvalue weighted by Gasteiger charge is 2.03. The van der Waals surface area contributed by atoms with Crippen molar-refractivity contribution < 1.29 is 5.11 Å². The molecule has 0 spiro atoms. The van der Waals surface area contributed by atoms with Gasteiger partial charge >= 0.3 is 0 Å². The molecule has 1 atom stereocenters. The highest BCUT2D eigenvalue weighted by molar-refractivity contribution is 4.82. The van der Waals surface area contributed by atoms with Gasteiger partial charge in [-0.2, -0.15) is 0 Å². The molecule has 0 aliphatic heterocycles. The Morgan fingerprint density at radius 2 is 0.667 bits per heavy atom. The van der Waals surface area contributed by atoms with E-state index >= 15 is 0 Å². The van der Waals surface area contributed by atoms with Crippen molar-refractivity contribution in [1.82, 2.24) is 0 Å². The molecule has 0 amide bonds. The van der Waals surface area contributed by atoms with E-state index < -0.39 is 0 Å². The van der Waals surface area contributed by atoms with Crippen LogP contribution in [0.25, 0.3) is 0 Å². The number of aliphatic hydroxyl groups excluding tert-OH is 1. The van der Waals surface area contributed by atoms with Crippen LogP contribution in [0.3, 0.4) is 0 Å². The topological polar surface area (TPSA) is 20.2 Å². The molecule has 0 aromatic rings. The molecule has 33 heavy (non-hydrogen) atoms. The lowest BCUT2D eigenvalue weighted by atomic mass is 10.0. The molecular formula is C32H62O. The van der Waals surface area contributed by atoms with E-state index in [1.165, 1.54) is 148 Å². The minimum absolute atomic E-state index is 0.0527. The standard InChI is InChI=1S/C32H62O/c1-3-5-7-9-11-13-15-17-19-21-23-25-27-29-31-32(33)30-28-26-24-22-20-18-16-14-12-10-8-6-4-2/h13-16,32-33H,3-12,17-31H2,1-2H3/b15-13-,16-14-. The molecule has 0 aliphatic carbocycles. The van der Waals surface area contributed by atoms with Crippen molar-refractivity contribution in [3.63, 3.8) is 0 Å². The van der Waals surface area contributed by atoms with E-state index in [0.717, 1.165) is 12.8 Å². The summed E-state index contributed by atoms with van der Waals surface area (Å²) < 4.78 is 0. The molecule has 0 radical (unpaired) electrons. The van der Waals surface area contributed by atoms with E-state index in [9.17, 15) is 5.11 Å². The summed E-state index contributed by atoms with van der Waals surface area (Å²) >= 11 is 0. The van der Waals surface area contributed by atoms with Gasteiger partial charge in [-0.05, 0) is 64.2 Å². The van der Waals surface area contributed by atoms with Crippen LogP contribution in [0.4, 0.5) is 0 Å². The average molecular weight is 463 g/mol. The maximum Gasteiger partial charge on any atom is 0.0540 e. The quantitative estimate of drug-likeness (QED) is 0.0950. The smallest absolute Gasteiger partial charge is 0.0540 e. The third kappa shape index (κ3) is 29.4. The maximum absolute atomic E-state index is 10.2. The zero-order valence-corrected chi connectivity index (χ0v) is 23.0. The van der Waals surface area contributed by atoms with Crippen molar-refractivity contribution >= 4 is 0 Å². The summed E-state index contributed by atoms with van der Waals surface area (Å²) in [5.74, 6) is 0. The van der Waals surface area contributed by atoms with Crippen molar-refractivity contribution in [3.8, 4) is 0 Å². The van der Waals surface area contributed by atoms with Crippen LogP contribution < -0.4 is 0 Å². The van der Waals surface area contributed by atoms with Gasteiger partial charge in [0.25, 0.3) is 0 Å². The molecule has 1 unspecified atom stereocenters. The lowest BCUT2D eigenvalue weighted by molar-refractivity contribution is 0.147. The third-order valence-corrected chi connectivity index (χ3v) is 6.85. The van der Waals surface area contributed by atoms with Gasteiger partial charge in [0, 0.05) is 0 Å². The van der Waals surface area contributed by atoms with Crippen molar-refractivity contribution in [3.05, 3.63) is 24.3 Å². The molecule has 0 saturated heterocycles. The molecule has 0 rings (SSSR count). The highest BCUT2D eigenvalue weighted by Crippen LogP contribution is 2.15. The van der Waals surface area contributed by atoms with Gasteiger partial charge in [-0.3, -0.25) is 0 Å². The fourth-order valence-corrected chi connectivity index (χ4v) is 4.52. The Labute approximate surface area is 209 Å². The van der Waals surface area contributed by atoms with E-state index in [-0.39, 0.29) is 6.10 Å². The Morgan fingerprint density at radius 1 is 0.394 bits per heavy atom. The van der Waals surface area contributed by atoms with Crippen LogP contribution in [0.5, 0.6) is 0 Å². The van der Waals surface area contributed by atoms with Gasteiger partial charge in [0.15, 0.2) is 0 Å². The lowest BCUT2D eigenvalue weighted by Gasteiger charge is -2.10. The number of unbranched alkanes of at least 4 members (excludes halogenated alkanes) is 19. The number of allylic oxidation sites excluding steroid dienone is 4. The highest BCUT2D eigenvalue weighted by atomic mass is 16.3. The van der Waals surface area contributed by atoms with E-state index in [0.29, 0.717) is 0 Å². The van der Waals surface area contributed by atoms with Gasteiger partial charge in [0.1, 0.15) is 0 Å². The average Bonchev–Trinajstić information content (AvgIpc) is 2.82. The molecule has 0 aromatic heterocycles. The predicted molar refractivity (Wildman–Crippen MR) is 151 cm³/mol. The first-order chi connectivity index (χ1) is 16.3. The minimum Gasteiger partial charge on any atom is -0.393 e. The number of hydrogen-bond donors (Lipinski definition) is 1. The Morgan fingerprint density at radius 3 is 1.00 bits per heavy atom. The van der Waals surface area contributed by atoms with Gasteiger partial charge in [-0.15, -0.1) is 0 Å². The first-order valence-corrected chi connectivity index (χ1v) is 15.3. The second-order valence-electron chi connectivity index (χ2n) is 10.3. The van der Waals surface area contributed by atoms with Crippen LogP contribution in [0.15, 0.2) is 24.3 Å². The van der Waals surface area contributed by atoms with Gasteiger partial charge < -0.3 is 5.11 Å². The Kier molecular flexibility index (Phi) is 29.0. The van der Waals surface area contributed by atoms with Crippen LogP contribution in [0.2, 0.25) is 0 Å². The van der Waals surface area contributed by atoms with Crippen LogP contribution in [0.1, 0.15) is 174 Å². The first kappa shape index (κ1) is 32.4. The number of hydrogen-bond acceptors (Lipinski definition) is 1. The third-order valence-electron chi connectivity index (χ3n) is 6.85. The Balaban J connectivity index is 3.22. The van der Waals surface area contributed by atoms with Crippen molar-refractivity contribution in [2.45, 2.75) is 180 Å². The van der Waals surface area contributed by atoms with Crippen LogP contribution >= 0.6 is 0 Å². The molecular weight excluding hydrogens is 400 g/mol. The molecule has 0 bridgehead atoms. The van der Waals surface area contributed by atoms with E-state index in [1.54, 1.807) is 0 Å². The van der Waals surface area contributed by atoms with Crippen LogP contribution in [-0.4, -0.2) is 11.2 Å². The molecule has 0 aromatic carbocycles.